The molecule has 1 aromatic carbocycles. The van der Waals surface area contributed by atoms with Crippen molar-refractivity contribution in [3.63, 3.8) is 0 Å². The number of carbonyl (C=O) groups is 2. The number of rotatable bonds is 7. The first-order valence-corrected chi connectivity index (χ1v) is 12.6. The van der Waals surface area contributed by atoms with E-state index in [1.165, 1.54) is 0 Å². The standard InChI is InChI=1S/C23H30N2O4S/c24-20(27)22-12-16-9-17(13-22)11-21(10-16,15-22)14-19(26)23(7-4-8-23)25-30(28,29)18-5-2-1-3-6-18/h1-3,5-6,16-17,25H,4,7-15H2,(H2,24,27). The van der Waals surface area contributed by atoms with Crippen LogP contribution in [0.4, 0.5) is 0 Å². The summed E-state index contributed by atoms with van der Waals surface area (Å²) in [6.07, 6.45) is 7.76. The van der Waals surface area contributed by atoms with Crippen molar-refractivity contribution in [3.05, 3.63) is 30.3 Å². The Kier molecular flexibility index (Phi) is 4.46. The van der Waals surface area contributed by atoms with Crippen LogP contribution >= 0.6 is 0 Å². The SMILES string of the molecule is NC(=O)C12CC3CC(CC(CC(=O)C4(NS(=O)(=O)c5ccccc5)CCC4)(C3)C1)C2. The van der Waals surface area contributed by atoms with Gasteiger partial charge in [0.05, 0.1) is 15.8 Å². The van der Waals surface area contributed by atoms with E-state index in [2.05, 4.69) is 4.72 Å². The van der Waals surface area contributed by atoms with Crippen molar-refractivity contribution in [1.29, 1.82) is 0 Å². The molecule has 0 radical (unpaired) electrons. The normalized spacial score (nSPS) is 36.3. The number of hydrogen-bond donors (Lipinski definition) is 2. The van der Waals surface area contributed by atoms with Gasteiger partial charge in [-0.25, -0.2) is 8.42 Å². The molecule has 2 atom stereocenters. The van der Waals surface area contributed by atoms with Gasteiger partial charge in [0, 0.05) is 6.42 Å². The molecule has 30 heavy (non-hydrogen) atoms. The predicted octanol–water partition coefficient (Wildman–Crippen LogP) is 2.92. The average Bonchev–Trinajstić information content (AvgIpc) is 2.64. The maximum atomic E-state index is 13.6. The molecule has 0 aliphatic heterocycles. The van der Waals surface area contributed by atoms with Crippen molar-refractivity contribution in [1.82, 2.24) is 4.72 Å². The zero-order valence-electron chi connectivity index (χ0n) is 17.2. The molecule has 5 aliphatic rings. The van der Waals surface area contributed by atoms with Crippen LogP contribution in [0.15, 0.2) is 35.2 Å². The van der Waals surface area contributed by atoms with E-state index < -0.39 is 21.0 Å². The van der Waals surface area contributed by atoms with Crippen LogP contribution in [-0.2, 0) is 19.6 Å². The molecular weight excluding hydrogens is 400 g/mol. The number of benzene rings is 1. The van der Waals surface area contributed by atoms with Gasteiger partial charge in [-0.05, 0) is 87.2 Å². The summed E-state index contributed by atoms with van der Waals surface area (Å²) >= 11 is 0. The monoisotopic (exact) mass is 430 g/mol. The molecule has 3 N–H and O–H groups in total. The van der Waals surface area contributed by atoms with Gasteiger partial charge < -0.3 is 5.73 Å². The van der Waals surface area contributed by atoms with Crippen LogP contribution in [-0.4, -0.2) is 25.6 Å². The number of sulfonamides is 1. The Morgan fingerprint density at radius 1 is 1.03 bits per heavy atom. The Morgan fingerprint density at radius 3 is 2.20 bits per heavy atom. The van der Waals surface area contributed by atoms with E-state index in [-0.39, 0.29) is 22.0 Å². The van der Waals surface area contributed by atoms with Crippen molar-refractivity contribution in [2.75, 3.05) is 0 Å². The number of nitrogens with one attached hydrogen (secondary N) is 1. The van der Waals surface area contributed by atoms with Crippen molar-refractivity contribution >= 4 is 21.7 Å². The summed E-state index contributed by atoms with van der Waals surface area (Å²) in [4.78, 5) is 26.1. The Hall–Kier alpha value is -1.73. The lowest BCUT2D eigenvalue weighted by atomic mass is 9.43. The molecular formula is C23H30N2O4S. The summed E-state index contributed by atoms with van der Waals surface area (Å²) < 4.78 is 28.6. The summed E-state index contributed by atoms with van der Waals surface area (Å²) in [6.45, 7) is 0. The maximum Gasteiger partial charge on any atom is 0.241 e. The maximum absolute atomic E-state index is 13.6. The second-order valence-corrected chi connectivity index (χ2v) is 12.2. The Balaban J connectivity index is 1.38. The number of primary amides is 1. The molecule has 6 rings (SSSR count). The van der Waals surface area contributed by atoms with E-state index in [0.717, 1.165) is 38.5 Å². The van der Waals surface area contributed by atoms with Crippen molar-refractivity contribution in [2.45, 2.75) is 74.6 Å². The molecule has 0 saturated heterocycles. The third-order valence-electron chi connectivity index (χ3n) is 8.36. The first-order valence-electron chi connectivity index (χ1n) is 11.1. The van der Waals surface area contributed by atoms with Crippen molar-refractivity contribution < 1.29 is 18.0 Å². The number of Topliss-reactive ketones (excluding diaryl/α,β-unsaturated/α-hetero) is 1. The molecule has 5 saturated carbocycles. The highest BCUT2D eigenvalue weighted by molar-refractivity contribution is 7.89. The average molecular weight is 431 g/mol. The number of hydrogen-bond acceptors (Lipinski definition) is 4. The third kappa shape index (κ3) is 3.12. The summed E-state index contributed by atoms with van der Waals surface area (Å²) in [5.74, 6) is 0.709. The quantitative estimate of drug-likeness (QED) is 0.693. The van der Waals surface area contributed by atoms with Gasteiger partial charge in [-0.2, -0.15) is 4.72 Å². The smallest absolute Gasteiger partial charge is 0.241 e. The van der Waals surface area contributed by atoms with Crippen LogP contribution in [0.1, 0.15) is 64.2 Å². The molecule has 1 aromatic rings. The van der Waals surface area contributed by atoms with E-state index in [9.17, 15) is 18.0 Å². The zero-order chi connectivity index (χ0) is 21.2. The highest BCUT2D eigenvalue weighted by Crippen LogP contribution is 2.66. The van der Waals surface area contributed by atoms with Gasteiger partial charge in [-0.1, -0.05) is 18.2 Å². The molecule has 1 amide bonds. The van der Waals surface area contributed by atoms with Crippen LogP contribution in [0.3, 0.4) is 0 Å². The summed E-state index contributed by atoms with van der Waals surface area (Å²) in [5, 5.41) is 0. The minimum absolute atomic E-state index is 0.00479. The molecule has 162 valence electrons. The lowest BCUT2D eigenvalue weighted by Gasteiger charge is -2.61. The minimum atomic E-state index is -3.76. The van der Waals surface area contributed by atoms with Crippen LogP contribution < -0.4 is 10.5 Å². The van der Waals surface area contributed by atoms with Gasteiger partial charge in [0.15, 0.2) is 5.78 Å². The highest BCUT2D eigenvalue weighted by Gasteiger charge is 2.61. The molecule has 7 heteroatoms. The zero-order valence-corrected chi connectivity index (χ0v) is 18.0. The molecule has 2 unspecified atom stereocenters. The summed E-state index contributed by atoms with van der Waals surface area (Å²) in [7, 11) is -3.76. The third-order valence-corrected chi connectivity index (χ3v) is 9.92. The van der Waals surface area contributed by atoms with Crippen molar-refractivity contribution in [2.24, 2.45) is 28.4 Å². The van der Waals surface area contributed by atoms with Crippen LogP contribution in [0, 0.1) is 22.7 Å². The summed E-state index contributed by atoms with van der Waals surface area (Å²) in [5.41, 5.74) is 4.18. The molecule has 0 heterocycles. The Bertz CT molecular complexity index is 970. The fourth-order valence-corrected chi connectivity index (χ4v) is 8.81. The number of ketones is 1. The van der Waals surface area contributed by atoms with Gasteiger partial charge >= 0.3 is 0 Å². The van der Waals surface area contributed by atoms with E-state index in [1.54, 1.807) is 30.3 Å². The van der Waals surface area contributed by atoms with Gasteiger partial charge in [-0.15, -0.1) is 0 Å². The number of carbonyl (C=O) groups excluding carboxylic acids is 2. The summed E-state index contributed by atoms with van der Waals surface area (Å²) in [6, 6.07) is 8.24. The van der Waals surface area contributed by atoms with Gasteiger partial charge in [-0.3, -0.25) is 9.59 Å². The molecule has 0 spiro atoms. The largest absolute Gasteiger partial charge is 0.369 e. The Morgan fingerprint density at radius 2 is 1.67 bits per heavy atom. The number of amides is 1. The van der Waals surface area contributed by atoms with E-state index in [4.69, 9.17) is 5.73 Å². The van der Waals surface area contributed by atoms with Gasteiger partial charge in [0.2, 0.25) is 15.9 Å². The van der Waals surface area contributed by atoms with Crippen LogP contribution in [0.25, 0.3) is 0 Å². The topological polar surface area (TPSA) is 106 Å². The highest BCUT2D eigenvalue weighted by atomic mass is 32.2. The number of nitrogens with two attached hydrogens (primary N) is 1. The molecule has 0 aromatic heterocycles. The van der Waals surface area contributed by atoms with Gasteiger partial charge in [0.1, 0.15) is 0 Å². The van der Waals surface area contributed by atoms with Crippen LogP contribution in [0.2, 0.25) is 0 Å². The fourth-order valence-electron chi connectivity index (χ4n) is 7.34. The van der Waals surface area contributed by atoms with E-state index >= 15 is 0 Å². The molecule has 5 aliphatic carbocycles. The predicted molar refractivity (Wildman–Crippen MR) is 112 cm³/mol. The molecule has 6 nitrogen and oxygen atoms in total. The lowest BCUT2D eigenvalue weighted by molar-refractivity contribution is -0.159. The Labute approximate surface area is 178 Å². The molecule has 5 fully saturated rings. The van der Waals surface area contributed by atoms with E-state index in [0.29, 0.717) is 37.5 Å². The fraction of sp³-hybridized carbons (Fsp3) is 0.652. The van der Waals surface area contributed by atoms with Crippen LogP contribution in [0.5, 0.6) is 0 Å². The van der Waals surface area contributed by atoms with E-state index in [1.807, 2.05) is 0 Å². The first kappa shape index (κ1) is 20.2. The van der Waals surface area contributed by atoms with Crippen molar-refractivity contribution in [3.8, 4) is 0 Å². The minimum Gasteiger partial charge on any atom is -0.369 e. The lowest BCUT2D eigenvalue weighted by Crippen LogP contribution is -2.62. The second kappa shape index (κ2) is 6.63. The van der Waals surface area contributed by atoms with Gasteiger partial charge in [0.25, 0.3) is 0 Å². The second-order valence-electron chi connectivity index (χ2n) is 10.6. The first-order chi connectivity index (χ1) is 14.2. The molecule has 4 bridgehead atoms.